The van der Waals surface area contributed by atoms with Crippen LogP contribution >= 0.6 is 0 Å². The van der Waals surface area contributed by atoms with Crippen molar-refractivity contribution in [2.45, 2.75) is 70.4 Å². The Morgan fingerprint density at radius 1 is 1.33 bits per heavy atom. The van der Waals surface area contributed by atoms with Crippen LogP contribution in [0.15, 0.2) is 0 Å². The first-order valence-electron chi connectivity index (χ1n) is 6.20. The van der Waals surface area contributed by atoms with Gasteiger partial charge in [0.05, 0.1) is 0 Å². The second kappa shape index (κ2) is 6.83. The lowest BCUT2D eigenvalue weighted by atomic mass is 10.1. The van der Waals surface area contributed by atoms with E-state index in [1.165, 1.54) is 25.7 Å². The van der Waals surface area contributed by atoms with E-state index < -0.39 is 6.04 Å². The average molecular weight is 213 g/mol. The number of ether oxygens (including phenoxy) is 1. The van der Waals surface area contributed by atoms with Crippen molar-refractivity contribution >= 4 is 5.97 Å². The Labute approximate surface area is 92.4 Å². The molecule has 0 amide bonds. The van der Waals surface area contributed by atoms with Crippen LogP contribution in [-0.4, -0.2) is 18.1 Å². The molecule has 1 aliphatic carbocycles. The van der Waals surface area contributed by atoms with Gasteiger partial charge in [-0.05, 0) is 32.1 Å². The largest absolute Gasteiger partial charge is 0.461 e. The summed E-state index contributed by atoms with van der Waals surface area (Å²) in [6.07, 6.45) is 8.73. The molecule has 0 heterocycles. The van der Waals surface area contributed by atoms with Gasteiger partial charge in [-0.3, -0.25) is 4.79 Å². The number of esters is 1. The lowest BCUT2D eigenvalue weighted by molar-refractivity contribution is -0.151. The first kappa shape index (κ1) is 12.5. The molecule has 0 bridgehead atoms. The van der Waals surface area contributed by atoms with E-state index in [2.05, 4.69) is 0 Å². The second-order valence-electron chi connectivity index (χ2n) is 4.45. The number of nitrogens with two attached hydrogens (primary N) is 1. The minimum Gasteiger partial charge on any atom is -0.461 e. The van der Waals surface area contributed by atoms with Crippen LogP contribution < -0.4 is 5.73 Å². The van der Waals surface area contributed by atoms with Gasteiger partial charge in [0.25, 0.3) is 0 Å². The topological polar surface area (TPSA) is 52.3 Å². The standard InChI is InChI=1S/C12H23NO2/c1-2-7-11(13)12(14)15-10-8-5-3-4-6-9-10/h10-11H,2-9,13H2,1H3/t11-/m1/s1. The van der Waals surface area contributed by atoms with Gasteiger partial charge in [-0.15, -0.1) is 0 Å². The summed E-state index contributed by atoms with van der Waals surface area (Å²) >= 11 is 0. The van der Waals surface area contributed by atoms with Crippen molar-refractivity contribution in [3.63, 3.8) is 0 Å². The molecule has 1 rings (SSSR count). The predicted molar refractivity (Wildman–Crippen MR) is 60.5 cm³/mol. The second-order valence-corrected chi connectivity index (χ2v) is 4.45. The van der Waals surface area contributed by atoms with Crippen LogP contribution in [0.1, 0.15) is 58.3 Å². The number of hydrogen-bond acceptors (Lipinski definition) is 3. The molecular formula is C12H23NO2. The summed E-state index contributed by atoms with van der Waals surface area (Å²) in [7, 11) is 0. The number of carbonyl (C=O) groups excluding carboxylic acids is 1. The van der Waals surface area contributed by atoms with Crippen LogP contribution in [0.5, 0.6) is 0 Å². The zero-order valence-corrected chi connectivity index (χ0v) is 9.71. The summed E-state index contributed by atoms with van der Waals surface area (Å²) in [5.74, 6) is -0.205. The molecule has 1 saturated carbocycles. The summed E-state index contributed by atoms with van der Waals surface area (Å²) in [4.78, 5) is 11.6. The smallest absolute Gasteiger partial charge is 0.323 e. The third kappa shape index (κ3) is 4.65. The van der Waals surface area contributed by atoms with Crippen molar-refractivity contribution in [1.29, 1.82) is 0 Å². The molecule has 88 valence electrons. The van der Waals surface area contributed by atoms with Crippen LogP contribution in [0, 0.1) is 0 Å². The minimum atomic E-state index is -0.418. The average Bonchev–Trinajstić information content (AvgIpc) is 2.46. The van der Waals surface area contributed by atoms with Gasteiger partial charge in [0.2, 0.25) is 0 Å². The molecule has 3 heteroatoms. The Hall–Kier alpha value is -0.570. The fourth-order valence-electron chi connectivity index (χ4n) is 2.04. The summed E-state index contributed by atoms with van der Waals surface area (Å²) < 4.78 is 5.42. The predicted octanol–water partition coefficient (Wildman–Crippen LogP) is 2.38. The molecule has 1 aliphatic rings. The van der Waals surface area contributed by atoms with E-state index in [9.17, 15) is 4.79 Å². The monoisotopic (exact) mass is 213 g/mol. The number of hydrogen-bond donors (Lipinski definition) is 1. The first-order chi connectivity index (χ1) is 7.24. The van der Waals surface area contributed by atoms with Gasteiger partial charge in [-0.2, -0.15) is 0 Å². The Morgan fingerprint density at radius 2 is 1.93 bits per heavy atom. The maximum atomic E-state index is 11.6. The molecule has 1 fully saturated rings. The normalized spacial score (nSPS) is 20.7. The van der Waals surface area contributed by atoms with Crippen molar-refractivity contribution < 1.29 is 9.53 Å². The molecule has 0 aromatic rings. The summed E-state index contributed by atoms with van der Waals surface area (Å²) in [5.41, 5.74) is 5.71. The van der Waals surface area contributed by atoms with Crippen LogP contribution in [-0.2, 0) is 9.53 Å². The molecule has 0 radical (unpaired) electrons. The zero-order valence-electron chi connectivity index (χ0n) is 9.71. The highest BCUT2D eigenvalue weighted by molar-refractivity contribution is 5.75. The van der Waals surface area contributed by atoms with Gasteiger partial charge in [-0.25, -0.2) is 0 Å². The lowest BCUT2D eigenvalue weighted by Crippen LogP contribution is -2.34. The fourth-order valence-corrected chi connectivity index (χ4v) is 2.04. The van der Waals surface area contributed by atoms with Crippen molar-refractivity contribution in [1.82, 2.24) is 0 Å². The van der Waals surface area contributed by atoms with Crippen molar-refractivity contribution in [3.8, 4) is 0 Å². The van der Waals surface area contributed by atoms with Crippen molar-refractivity contribution in [2.24, 2.45) is 5.73 Å². The molecule has 2 N–H and O–H groups in total. The van der Waals surface area contributed by atoms with E-state index in [4.69, 9.17) is 10.5 Å². The Kier molecular flexibility index (Phi) is 5.69. The molecule has 15 heavy (non-hydrogen) atoms. The highest BCUT2D eigenvalue weighted by atomic mass is 16.5. The van der Waals surface area contributed by atoms with Gasteiger partial charge >= 0.3 is 5.97 Å². The molecule has 0 aromatic carbocycles. The van der Waals surface area contributed by atoms with Crippen LogP contribution in [0.3, 0.4) is 0 Å². The highest BCUT2D eigenvalue weighted by Crippen LogP contribution is 2.20. The van der Waals surface area contributed by atoms with E-state index >= 15 is 0 Å². The first-order valence-corrected chi connectivity index (χ1v) is 6.20. The molecule has 0 saturated heterocycles. The molecule has 1 atom stereocenters. The third-order valence-electron chi connectivity index (χ3n) is 2.99. The molecule has 0 unspecified atom stereocenters. The molecule has 0 aromatic heterocycles. The van der Waals surface area contributed by atoms with E-state index in [0.717, 1.165) is 25.7 Å². The van der Waals surface area contributed by atoms with Gasteiger partial charge in [-0.1, -0.05) is 26.2 Å². The summed E-state index contributed by atoms with van der Waals surface area (Å²) in [6.45, 7) is 2.03. The van der Waals surface area contributed by atoms with E-state index in [1.54, 1.807) is 0 Å². The molecule has 0 aliphatic heterocycles. The Bertz CT molecular complexity index is 186. The molecular weight excluding hydrogens is 190 g/mol. The van der Waals surface area contributed by atoms with Crippen LogP contribution in [0.25, 0.3) is 0 Å². The van der Waals surface area contributed by atoms with E-state index in [0.29, 0.717) is 0 Å². The lowest BCUT2D eigenvalue weighted by Gasteiger charge is -2.18. The quantitative estimate of drug-likeness (QED) is 0.576. The van der Waals surface area contributed by atoms with E-state index in [-0.39, 0.29) is 12.1 Å². The number of rotatable bonds is 4. The summed E-state index contributed by atoms with van der Waals surface area (Å²) in [5, 5.41) is 0. The van der Waals surface area contributed by atoms with Gasteiger partial charge in [0.1, 0.15) is 12.1 Å². The van der Waals surface area contributed by atoms with Gasteiger partial charge < -0.3 is 10.5 Å². The highest BCUT2D eigenvalue weighted by Gasteiger charge is 2.20. The Balaban J connectivity index is 2.28. The van der Waals surface area contributed by atoms with E-state index in [1.807, 2.05) is 6.92 Å². The molecule has 0 spiro atoms. The van der Waals surface area contributed by atoms with Crippen LogP contribution in [0.2, 0.25) is 0 Å². The minimum absolute atomic E-state index is 0.128. The van der Waals surface area contributed by atoms with Crippen molar-refractivity contribution in [3.05, 3.63) is 0 Å². The Morgan fingerprint density at radius 3 is 2.47 bits per heavy atom. The van der Waals surface area contributed by atoms with Gasteiger partial charge in [0.15, 0.2) is 0 Å². The SMILES string of the molecule is CCC[C@@H](N)C(=O)OC1CCCCCC1. The van der Waals surface area contributed by atoms with Gasteiger partial charge in [0, 0.05) is 0 Å². The third-order valence-corrected chi connectivity index (χ3v) is 2.99. The number of carbonyl (C=O) groups is 1. The summed E-state index contributed by atoms with van der Waals surface area (Å²) in [6, 6.07) is -0.418. The maximum Gasteiger partial charge on any atom is 0.323 e. The fraction of sp³-hybridized carbons (Fsp3) is 0.917. The maximum absolute atomic E-state index is 11.6. The van der Waals surface area contributed by atoms with Crippen molar-refractivity contribution in [2.75, 3.05) is 0 Å². The van der Waals surface area contributed by atoms with Crippen LogP contribution in [0.4, 0.5) is 0 Å². The zero-order chi connectivity index (χ0) is 11.1. The molecule has 3 nitrogen and oxygen atoms in total.